The fraction of sp³-hybridized carbons (Fsp3) is 0.600. The third-order valence-corrected chi connectivity index (χ3v) is 1.48. The second kappa shape index (κ2) is 4.44. The average molecular weight is 248 g/mol. The summed E-state index contributed by atoms with van der Waals surface area (Å²) >= 11 is 2.73. The Morgan fingerprint density at radius 2 is 1.83 bits per heavy atom. The topological polar surface area (TPSA) is 46.2 Å². The summed E-state index contributed by atoms with van der Waals surface area (Å²) in [7, 11) is 0. The van der Waals surface area contributed by atoms with Crippen molar-refractivity contribution in [1.29, 1.82) is 0 Å². The number of halogens is 4. The van der Waals surface area contributed by atoms with Gasteiger partial charge in [0.1, 0.15) is 0 Å². The molecule has 0 aliphatic rings. The molecule has 70 valence electrons. The van der Waals surface area contributed by atoms with Crippen molar-refractivity contribution in [3.05, 3.63) is 0 Å². The smallest absolute Gasteiger partial charge is 0.341 e. The number of nitrogens with one attached hydrogen (secondary N) is 1. The summed E-state index contributed by atoms with van der Waals surface area (Å²) in [6.45, 7) is -0.608. The number of alkyl halides is 4. The number of rotatable bonds is 3. The average Bonchev–Trinajstić information content (AvgIpc) is 1.97. The number of Topliss-reactive ketones (excluding diaryl/α,β-unsaturated/α-hetero) is 1. The molecular formula is C5H5BrF3NO2. The lowest BCUT2D eigenvalue weighted by atomic mass is 10.4. The minimum Gasteiger partial charge on any atom is -0.341 e. The molecule has 0 saturated carbocycles. The van der Waals surface area contributed by atoms with Gasteiger partial charge >= 0.3 is 12.1 Å². The molecule has 7 heteroatoms. The maximum atomic E-state index is 11.5. The van der Waals surface area contributed by atoms with Crippen molar-refractivity contribution in [2.45, 2.75) is 6.18 Å². The van der Waals surface area contributed by atoms with Gasteiger partial charge in [0.15, 0.2) is 5.78 Å². The van der Waals surface area contributed by atoms with Gasteiger partial charge in [-0.15, -0.1) is 0 Å². The molecule has 0 spiro atoms. The standard InChI is InChI=1S/C5H5BrF3NO2/c6-1-3(11)2-10-4(12)5(7,8)9/h1-2H2,(H,10,12). The summed E-state index contributed by atoms with van der Waals surface area (Å²) in [4.78, 5) is 20.5. The molecule has 0 radical (unpaired) electrons. The number of carbonyl (C=O) groups is 2. The fourth-order valence-corrected chi connectivity index (χ4v) is 0.525. The van der Waals surface area contributed by atoms with Crippen molar-refractivity contribution in [2.75, 3.05) is 11.9 Å². The molecule has 0 heterocycles. The summed E-state index contributed by atoms with van der Waals surface area (Å²) in [5.41, 5.74) is 0. The molecule has 0 unspecified atom stereocenters. The minimum atomic E-state index is -4.92. The monoisotopic (exact) mass is 247 g/mol. The Hall–Kier alpha value is -0.590. The lowest BCUT2D eigenvalue weighted by Gasteiger charge is -2.05. The van der Waals surface area contributed by atoms with Crippen molar-refractivity contribution in [3.63, 3.8) is 0 Å². The van der Waals surface area contributed by atoms with E-state index in [4.69, 9.17) is 0 Å². The fourth-order valence-electron chi connectivity index (χ4n) is 0.326. The van der Waals surface area contributed by atoms with Crippen LogP contribution in [0.3, 0.4) is 0 Å². The van der Waals surface area contributed by atoms with Gasteiger partial charge in [-0.25, -0.2) is 0 Å². The first kappa shape index (κ1) is 11.4. The molecule has 0 aromatic heterocycles. The van der Waals surface area contributed by atoms with Crippen LogP contribution in [0.2, 0.25) is 0 Å². The van der Waals surface area contributed by atoms with Crippen LogP contribution in [0.15, 0.2) is 0 Å². The number of amides is 1. The number of ketones is 1. The Kier molecular flexibility index (Phi) is 4.22. The van der Waals surface area contributed by atoms with Crippen LogP contribution in [0.5, 0.6) is 0 Å². The lowest BCUT2D eigenvalue weighted by Crippen LogP contribution is -2.39. The van der Waals surface area contributed by atoms with E-state index in [0.717, 1.165) is 0 Å². The van der Waals surface area contributed by atoms with Gasteiger partial charge in [-0.2, -0.15) is 13.2 Å². The first-order valence-corrected chi connectivity index (χ1v) is 3.92. The molecule has 1 N–H and O–H groups in total. The van der Waals surface area contributed by atoms with Crippen LogP contribution in [0.25, 0.3) is 0 Å². The summed E-state index contributed by atoms with van der Waals surface area (Å²) in [5.74, 6) is -2.62. The van der Waals surface area contributed by atoms with E-state index in [1.165, 1.54) is 5.32 Å². The van der Waals surface area contributed by atoms with Crippen LogP contribution in [0.1, 0.15) is 0 Å². The van der Waals surface area contributed by atoms with Crippen molar-refractivity contribution >= 4 is 27.6 Å². The van der Waals surface area contributed by atoms with Crippen molar-refractivity contribution in [3.8, 4) is 0 Å². The predicted octanol–water partition coefficient (Wildman–Crippen LogP) is 0.629. The Balaban J connectivity index is 3.81. The van der Waals surface area contributed by atoms with Gasteiger partial charge < -0.3 is 5.32 Å². The van der Waals surface area contributed by atoms with Gasteiger partial charge in [-0.3, -0.25) is 9.59 Å². The number of carbonyl (C=O) groups excluding carboxylic acids is 2. The van der Waals surface area contributed by atoms with Crippen LogP contribution in [0, 0.1) is 0 Å². The zero-order valence-corrected chi connectivity index (χ0v) is 7.33. The lowest BCUT2D eigenvalue weighted by molar-refractivity contribution is -0.173. The van der Waals surface area contributed by atoms with Gasteiger partial charge in [-0.1, -0.05) is 15.9 Å². The van der Waals surface area contributed by atoms with Gasteiger partial charge in [0.05, 0.1) is 11.9 Å². The Labute approximate surface area is 74.4 Å². The van der Waals surface area contributed by atoms with E-state index in [-0.39, 0.29) is 5.33 Å². The molecule has 3 nitrogen and oxygen atoms in total. The zero-order valence-electron chi connectivity index (χ0n) is 5.74. The summed E-state index contributed by atoms with van der Waals surface area (Å²) in [6.07, 6.45) is -4.92. The summed E-state index contributed by atoms with van der Waals surface area (Å²) in [6, 6.07) is 0. The van der Waals surface area contributed by atoms with Crippen LogP contribution in [-0.2, 0) is 9.59 Å². The summed E-state index contributed by atoms with van der Waals surface area (Å²) < 4.78 is 34.4. The van der Waals surface area contributed by atoms with E-state index in [0.29, 0.717) is 0 Å². The van der Waals surface area contributed by atoms with Crippen LogP contribution < -0.4 is 5.32 Å². The first-order valence-electron chi connectivity index (χ1n) is 2.80. The molecule has 0 rings (SSSR count). The van der Waals surface area contributed by atoms with Crippen LogP contribution >= 0.6 is 15.9 Å². The molecule has 0 aliphatic carbocycles. The van der Waals surface area contributed by atoms with E-state index in [9.17, 15) is 22.8 Å². The first-order chi connectivity index (χ1) is 5.38. The van der Waals surface area contributed by atoms with E-state index in [1.54, 1.807) is 0 Å². The van der Waals surface area contributed by atoms with Crippen molar-refractivity contribution in [2.24, 2.45) is 0 Å². The van der Waals surface area contributed by atoms with E-state index in [2.05, 4.69) is 15.9 Å². The maximum Gasteiger partial charge on any atom is 0.471 e. The number of hydrogen-bond acceptors (Lipinski definition) is 2. The SMILES string of the molecule is O=C(CBr)CNC(=O)C(F)(F)F. The van der Waals surface area contributed by atoms with E-state index < -0.39 is 24.4 Å². The van der Waals surface area contributed by atoms with Crippen molar-refractivity contribution < 1.29 is 22.8 Å². The van der Waals surface area contributed by atoms with Gasteiger partial charge in [0.2, 0.25) is 0 Å². The highest BCUT2D eigenvalue weighted by Crippen LogP contribution is 2.13. The molecular weight excluding hydrogens is 243 g/mol. The van der Waals surface area contributed by atoms with E-state index >= 15 is 0 Å². The Morgan fingerprint density at radius 1 is 1.33 bits per heavy atom. The predicted molar refractivity (Wildman–Crippen MR) is 37.9 cm³/mol. The third-order valence-electron chi connectivity index (χ3n) is 0.853. The molecule has 0 atom stereocenters. The molecule has 1 amide bonds. The third kappa shape index (κ3) is 4.32. The highest BCUT2D eigenvalue weighted by Gasteiger charge is 2.38. The van der Waals surface area contributed by atoms with Crippen LogP contribution in [-0.4, -0.2) is 29.7 Å². The highest BCUT2D eigenvalue weighted by atomic mass is 79.9. The van der Waals surface area contributed by atoms with Gasteiger partial charge in [0, 0.05) is 0 Å². The maximum absolute atomic E-state index is 11.5. The largest absolute Gasteiger partial charge is 0.471 e. The molecule has 0 bridgehead atoms. The van der Waals surface area contributed by atoms with Crippen molar-refractivity contribution in [1.82, 2.24) is 5.32 Å². The Morgan fingerprint density at radius 3 is 2.17 bits per heavy atom. The van der Waals surface area contributed by atoms with E-state index in [1.807, 2.05) is 0 Å². The van der Waals surface area contributed by atoms with Crippen LogP contribution in [0.4, 0.5) is 13.2 Å². The highest BCUT2D eigenvalue weighted by molar-refractivity contribution is 9.09. The quantitative estimate of drug-likeness (QED) is 0.744. The molecule has 0 fully saturated rings. The zero-order chi connectivity index (χ0) is 9.78. The molecule has 0 saturated heterocycles. The second-order valence-electron chi connectivity index (χ2n) is 1.85. The van der Waals surface area contributed by atoms with Gasteiger partial charge in [0.25, 0.3) is 0 Å². The Bertz CT molecular complexity index is 192. The van der Waals surface area contributed by atoms with Gasteiger partial charge in [-0.05, 0) is 0 Å². The molecule has 0 aromatic carbocycles. The molecule has 12 heavy (non-hydrogen) atoms. The molecule has 0 aromatic rings. The normalized spacial score (nSPS) is 11.0. The summed E-state index contributed by atoms with van der Waals surface area (Å²) in [5, 5.41) is 1.35. The number of hydrogen-bond donors (Lipinski definition) is 1. The minimum absolute atomic E-state index is 0.0782. The second-order valence-corrected chi connectivity index (χ2v) is 2.41. The molecule has 0 aliphatic heterocycles.